The average molecular weight is 585 g/mol. The molecule has 0 saturated carbocycles. The van der Waals surface area contributed by atoms with E-state index in [9.17, 15) is 27.6 Å². The lowest BCUT2D eigenvalue weighted by atomic mass is 9.96. The molecule has 2 aliphatic heterocycles. The Labute approximate surface area is 241 Å². The zero-order valence-corrected chi connectivity index (χ0v) is 23.2. The highest BCUT2D eigenvalue weighted by atomic mass is 19.4. The molecule has 3 amide bonds. The Morgan fingerprint density at radius 2 is 1.86 bits per heavy atom. The summed E-state index contributed by atoms with van der Waals surface area (Å²) in [7, 11) is 0. The van der Waals surface area contributed by atoms with Crippen molar-refractivity contribution in [1.29, 1.82) is 0 Å². The van der Waals surface area contributed by atoms with E-state index in [1.165, 1.54) is 17.0 Å². The molecule has 12 heteroatoms. The first-order valence-electron chi connectivity index (χ1n) is 14.3. The molecule has 42 heavy (non-hydrogen) atoms. The molecule has 2 aliphatic rings. The normalized spacial score (nSPS) is 19.8. The molecule has 0 spiro atoms. The summed E-state index contributed by atoms with van der Waals surface area (Å²) in [5.74, 6) is -0.925. The van der Waals surface area contributed by atoms with Crippen LogP contribution in [0.1, 0.15) is 48.9 Å². The lowest BCUT2D eigenvalue weighted by Crippen LogP contribution is -2.51. The second-order valence-corrected chi connectivity index (χ2v) is 11.2. The molecule has 0 aliphatic carbocycles. The van der Waals surface area contributed by atoms with Gasteiger partial charge in [-0.25, -0.2) is 0 Å². The number of nitrogens with two attached hydrogens (primary N) is 1. The smallest absolute Gasteiger partial charge is 0.357 e. The third kappa shape index (κ3) is 6.92. The van der Waals surface area contributed by atoms with Crippen LogP contribution < -0.4 is 11.1 Å². The van der Waals surface area contributed by atoms with Crippen LogP contribution in [0.25, 0.3) is 10.9 Å². The summed E-state index contributed by atoms with van der Waals surface area (Å²) in [6, 6.07) is 6.94. The second kappa shape index (κ2) is 12.5. The van der Waals surface area contributed by atoms with Crippen LogP contribution >= 0.6 is 0 Å². The molecular weight excluding hydrogens is 549 g/mol. The van der Waals surface area contributed by atoms with Gasteiger partial charge in [-0.3, -0.25) is 19.4 Å². The highest BCUT2D eigenvalue weighted by Gasteiger charge is 2.41. The van der Waals surface area contributed by atoms with Gasteiger partial charge in [-0.2, -0.15) is 13.2 Å². The number of pyridine rings is 1. The zero-order chi connectivity index (χ0) is 29.9. The summed E-state index contributed by atoms with van der Waals surface area (Å²) < 4.78 is 39.0. The van der Waals surface area contributed by atoms with Crippen molar-refractivity contribution in [3.63, 3.8) is 0 Å². The predicted molar refractivity (Wildman–Crippen MR) is 150 cm³/mol. The molecule has 2 fully saturated rings. The Morgan fingerprint density at radius 3 is 2.55 bits per heavy atom. The van der Waals surface area contributed by atoms with Gasteiger partial charge in [0, 0.05) is 55.0 Å². The number of aromatic nitrogens is 2. The van der Waals surface area contributed by atoms with Crippen molar-refractivity contribution in [3.8, 4) is 0 Å². The van der Waals surface area contributed by atoms with Gasteiger partial charge in [-0.15, -0.1) is 0 Å². The highest BCUT2D eigenvalue weighted by molar-refractivity contribution is 5.91. The van der Waals surface area contributed by atoms with Gasteiger partial charge in [-0.1, -0.05) is 12.1 Å². The molecule has 0 bridgehead atoms. The molecule has 3 aromatic rings. The van der Waals surface area contributed by atoms with Crippen LogP contribution in [0, 0.1) is 5.92 Å². The minimum atomic E-state index is -4.42. The molecule has 2 saturated heterocycles. The zero-order valence-electron chi connectivity index (χ0n) is 23.2. The first-order valence-corrected chi connectivity index (χ1v) is 14.3. The minimum Gasteiger partial charge on any atom is -0.357 e. The van der Waals surface area contributed by atoms with Crippen molar-refractivity contribution >= 4 is 28.6 Å². The third-order valence-corrected chi connectivity index (χ3v) is 8.15. The summed E-state index contributed by atoms with van der Waals surface area (Å²) in [6.07, 6.45) is 1.98. The Morgan fingerprint density at radius 1 is 1.12 bits per heavy atom. The van der Waals surface area contributed by atoms with Gasteiger partial charge in [-0.05, 0) is 67.9 Å². The fourth-order valence-electron chi connectivity index (χ4n) is 5.89. The first-order chi connectivity index (χ1) is 20.1. The molecule has 2 aromatic heterocycles. The lowest BCUT2D eigenvalue weighted by Gasteiger charge is -2.27. The van der Waals surface area contributed by atoms with Crippen molar-refractivity contribution in [1.82, 2.24) is 25.1 Å². The number of aromatic amines is 1. The summed E-state index contributed by atoms with van der Waals surface area (Å²) in [4.78, 5) is 50.0. The van der Waals surface area contributed by atoms with Crippen LogP contribution in [0.4, 0.5) is 13.2 Å². The quantitative estimate of drug-likeness (QED) is 0.356. The number of alkyl halides is 3. The number of likely N-dealkylation sites (tertiary alicyclic amines) is 2. The lowest BCUT2D eigenvalue weighted by molar-refractivity contribution is -0.140. The maximum absolute atomic E-state index is 13.5. The molecule has 1 aromatic carbocycles. The third-order valence-electron chi connectivity index (χ3n) is 8.15. The van der Waals surface area contributed by atoms with Gasteiger partial charge in [0.05, 0.1) is 18.2 Å². The molecule has 9 nitrogen and oxygen atoms in total. The molecule has 224 valence electrons. The number of hydrogen-bond donors (Lipinski definition) is 3. The number of benzene rings is 1. The molecule has 3 atom stereocenters. The van der Waals surface area contributed by atoms with E-state index in [-0.39, 0.29) is 43.7 Å². The summed E-state index contributed by atoms with van der Waals surface area (Å²) in [5, 5.41) is 3.82. The number of amides is 3. The van der Waals surface area contributed by atoms with Crippen molar-refractivity contribution in [3.05, 3.63) is 65.6 Å². The maximum atomic E-state index is 13.5. The molecule has 4 heterocycles. The van der Waals surface area contributed by atoms with E-state index < -0.39 is 29.7 Å². The number of H-pyrrole nitrogens is 1. The van der Waals surface area contributed by atoms with Crippen LogP contribution in [-0.2, 0) is 33.5 Å². The van der Waals surface area contributed by atoms with Crippen molar-refractivity contribution in [2.24, 2.45) is 11.7 Å². The number of nitrogens with one attached hydrogen (secondary N) is 2. The van der Waals surface area contributed by atoms with E-state index in [4.69, 9.17) is 5.73 Å². The number of carbonyl (C=O) groups is 3. The van der Waals surface area contributed by atoms with E-state index >= 15 is 0 Å². The van der Waals surface area contributed by atoms with Crippen molar-refractivity contribution < 1.29 is 27.6 Å². The number of fused-ring (bicyclic) bond motifs is 1. The Kier molecular flexibility index (Phi) is 8.81. The summed E-state index contributed by atoms with van der Waals surface area (Å²) in [5.41, 5.74) is 7.88. The van der Waals surface area contributed by atoms with E-state index in [2.05, 4.69) is 15.3 Å². The maximum Gasteiger partial charge on any atom is 0.416 e. The second-order valence-electron chi connectivity index (χ2n) is 11.2. The van der Waals surface area contributed by atoms with Crippen LogP contribution in [0.15, 0.2) is 48.8 Å². The number of halogens is 3. The molecule has 4 N–H and O–H groups in total. The average Bonchev–Trinajstić information content (AvgIpc) is 3.74. The Balaban J connectivity index is 1.25. The molecule has 5 rings (SSSR count). The minimum absolute atomic E-state index is 0.0276. The van der Waals surface area contributed by atoms with Crippen LogP contribution in [0.3, 0.4) is 0 Å². The van der Waals surface area contributed by atoms with Gasteiger partial charge in [0.15, 0.2) is 0 Å². The number of nitrogens with zero attached hydrogens (tertiary/aromatic N) is 3. The Bertz CT molecular complexity index is 1380. The fourth-order valence-corrected chi connectivity index (χ4v) is 5.89. The molecule has 0 radical (unpaired) electrons. The topological polar surface area (TPSA) is 124 Å². The van der Waals surface area contributed by atoms with Gasteiger partial charge in [0.1, 0.15) is 6.04 Å². The van der Waals surface area contributed by atoms with Crippen molar-refractivity contribution in [2.75, 3.05) is 19.6 Å². The van der Waals surface area contributed by atoms with E-state index in [1.807, 2.05) is 12.1 Å². The fraction of sp³-hybridized carbons (Fsp3) is 0.467. The Hall–Kier alpha value is -3.93. The predicted octanol–water partition coefficient (Wildman–Crippen LogP) is 3.39. The summed E-state index contributed by atoms with van der Waals surface area (Å²) in [6.45, 7) is 1.89. The van der Waals surface area contributed by atoms with Gasteiger partial charge < -0.3 is 25.8 Å². The van der Waals surface area contributed by atoms with Gasteiger partial charge in [0.2, 0.25) is 17.7 Å². The van der Waals surface area contributed by atoms with Crippen LogP contribution in [0.5, 0.6) is 0 Å². The first kappa shape index (κ1) is 29.6. The standard InChI is InChI=1S/C30H35F3N6O3/c31-30(32,33)22-5-3-19(4-6-22)13-20-14-26(28(41)36-17-23-15-21-16-35-10-9-25(21)37-23)39(18-20)29(42)24(34)7-8-27(40)38-11-1-2-12-38/h3-6,9-10,15-16,20,24,26,37H,1-2,7-8,11-14,17-18,34H2,(H,36,41)/t20-,24-,26+/m1/s1. The summed E-state index contributed by atoms with van der Waals surface area (Å²) >= 11 is 0. The number of carbonyl (C=O) groups excluding carboxylic acids is 3. The number of hydrogen-bond acceptors (Lipinski definition) is 5. The van der Waals surface area contributed by atoms with E-state index in [1.54, 1.807) is 17.3 Å². The number of rotatable bonds is 9. The van der Waals surface area contributed by atoms with Crippen molar-refractivity contribution in [2.45, 2.75) is 63.3 Å². The van der Waals surface area contributed by atoms with Gasteiger partial charge in [0.25, 0.3) is 0 Å². The van der Waals surface area contributed by atoms with Crippen LogP contribution in [0.2, 0.25) is 0 Å². The largest absolute Gasteiger partial charge is 0.416 e. The monoisotopic (exact) mass is 584 g/mol. The molecular formula is C30H35F3N6O3. The highest BCUT2D eigenvalue weighted by Crippen LogP contribution is 2.31. The SMILES string of the molecule is N[C@H](CCC(=O)N1CCCC1)C(=O)N1C[C@H](Cc2ccc(C(F)(F)F)cc2)C[C@H]1C(=O)NCc1cc2cnccc2[nH]1. The van der Waals surface area contributed by atoms with E-state index in [0.29, 0.717) is 18.4 Å². The van der Waals surface area contributed by atoms with Crippen LogP contribution in [-0.4, -0.2) is 69.2 Å². The molecule has 0 unspecified atom stereocenters. The van der Waals surface area contributed by atoms with E-state index in [0.717, 1.165) is 54.7 Å². The van der Waals surface area contributed by atoms with Gasteiger partial charge >= 0.3 is 6.18 Å².